The van der Waals surface area contributed by atoms with Gasteiger partial charge >= 0.3 is 0 Å². The standard InChI is InChI=1S/C21H37N5O2/c1-13-9-17-21(6-3-2-4-7-21)10-14(24-11-13)18(19(22)26-17)20(28)25-15-12-23-8-5-16(15)27/h11,14-19,23-24,26-27H,2-10,12,22H2,1H3,(H,25,28). The van der Waals surface area contributed by atoms with E-state index in [4.69, 9.17) is 5.73 Å². The van der Waals surface area contributed by atoms with E-state index in [9.17, 15) is 9.90 Å². The van der Waals surface area contributed by atoms with Crippen molar-refractivity contribution in [2.75, 3.05) is 13.1 Å². The first-order chi connectivity index (χ1) is 13.5. The average molecular weight is 392 g/mol. The van der Waals surface area contributed by atoms with E-state index in [0.717, 1.165) is 19.4 Å². The lowest BCUT2D eigenvalue weighted by Gasteiger charge is -2.45. The summed E-state index contributed by atoms with van der Waals surface area (Å²) >= 11 is 0. The number of carbonyl (C=O) groups is 1. The first kappa shape index (κ1) is 20.1. The molecule has 4 rings (SSSR count). The number of aliphatic hydroxyl groups excluding tert-OH is 1. The van der Waals surface area contributed by atoms with Crippen molar-refractivity contribution in [3.8, 4) is 0 Å². The Labute approximate surface area is 168 Å². The van der Waals surface area contributed by atoms with Gasteiger partial charge in [0.15, 0.2) is 0 Å². The number of hydrogen-bond donors (Lipinski definition) is 6. The molecule has 2 bridgehead atoms. The molecule has 7 heteroatoms. The zero-order valence-electron chi connectivity index (χ0n) is 17.0. The Morgan fingerprint density at radius 1 is 1.32 bits per heavy atom. The van der Waals surface area contributed by atoms with Crippen LogP contribution in [0.25, 0.3) is 0 Å². The van der Waals surface area contributed by atoms with Crippen LogP contribution in [0.1, 0.15) is 58.3 Å². The summed E-state index contributed by atoms with van der Waals surface area (Å²) in [6.07, 6.45) is 10.1. The molecule has 0 radical (unpaired) electrons. The molecule has 3 fully saturated rings. The predicted molar refractivity (Wildman–Crippen MR) is 109 cm³/mol. The summed E-state index contributed by atoms with van der Waals surface area (Å²) in [4.78, 5) is 13.3. The van der Waals surface area contributed by atoms with Crippen LogP contribution in [0, 0.1) is 11.3 Å². The third-order valence-electron chi connectivity index (χ3n) is 7.57. The zero-order valence-corrected chi connectivity index (χ0v) is 17.0. The second-order valence-electron chi connectivity index (χ2n) is 9.54. The van der Waals surface area contributed by atoms with E-state index in [2.05, 4.69) is 34.4 Å². The van der Waals surface area contributed by atoms with Crippen LogP contribution in [0.3, 0.4) is 0 Å². The highest BCUT2D eigenvalue weighted by Gasteiger charge is 2.50. The highest BCUT2D eigenvalue weighted by atomic mass is 16.3. The third-order valence-corrected chi connectivity index (χ3v) is 7.57. The van der Waals surface area contributed by atoms with Gasteiger partial charge < -0.3 is 26.8 Å². The molecule has 2 saturated heterocycles. The summed E-state index contributed by atoms with van der Waals surface area (Å²) in [6, 6.07) is 0.0807. The maximum Gasteiger partial charge on any atom is 0.228 e. The Morgan fingerprint density at radius 2 is 2.11 bits per heavy atom. The van der Waals surface area contributed by atoms with Gasteiger partial charge in [-0.3, -0.25) is 10.1 Å². The van der Waals surface area contributed by atoms with Crippen molar-refractivity contribution in [3.63, 3.8) is 0 Å². The predicted octanol–water partition coefficient (Wildman–Crippen LogP) is 0.305. The number of hydrogen-bond acceptors (Lipinski definition) is 6. The van der Waals surface area contributed by atoms with Gasteiger partial charge in [0.1, 0.15) is 0 Å². The average Bonchev–Trinajstić information content (AvgIpc) is 2.72. The summed E-state index contributed by atoms with van der Waals surface area (Å²) in [5, 5.41) is 23.9. The molecule has 0 aromatic carbocycles. The summed E-state index contributed by atoms with van der Waals surface area (Å²) < 4.78 is 0. The number of nitrogens with one attached hydrogen (secondary N) is 4. The highest BCUT2D eigenvalue weighted by Crippen LogP contribution is 2.48. The van der Waals surface area contributed by atoms with Crippen LogP contribution in [0.15, 0.2) is 11.8 Å². The van der Waals surface area contributed by atoms with E-state index < -0.39 is 12.3 Å². The molecule has 28 heavy (non-hydrogen) atoms. The van der Waals surface area contributed by atoms with Gasteiger partial charge in [-0.05, 0) is 57.2 Å². The summed E-state index contributed by atoms with van der Waals surface area (Å²) in [7, 11) is 0. The fraction of sp³-hybridized carbons (Fsp3) is 0.857. The van der Waals surface area contributed by atoms with Crippen molar-refractivity contribution >= 4 is 5.91 Å². The van der Waals surface area contributed by atoms with Crippen LogP contribution >= 0.6 is 0 Å². The molecular weight excluding hydrogens is 354 g/mol. The number of amides is 1. The fourth-order valence-corrected chi connectivity index (χ4v) is 5.96. The Kier molecular flexibility index (Phi) is 5.97. The van der Waals surface area contributed by atoms with Crippen molar-refractivity contribution in [2.24, 2.45) is 17.1 Å². The van der Waals surface area contributed by atoms with Crippen LogP contribution in [0.4, 0.5) is 0 Å². The van der Waals surface area contributed by atoms with E-state index in [1.807, 2.05) is 0 Å². The molecule has 1 saturated carbocycles. The van der Waals surface area contributed by atoms with Gasteiger partial charge in [0, 0.05) is 18.6 Å². The number of nitrogens with two attached hydrogens (primary N) is 1. The summed E-state index contributed by atoms with van der Waals surface area (Å²) in [5.74, 6) is -0.412. The number of rotatable bonds is 2. The Balaban J connectivity index is 1.58. The monoisotopic (exact) mass is 391 g/mol. The molecule has 1 aliphatic carbocycles. The van der Waals surface area contributed by atoms with Gasteiger partial charge in [0.2, 0.25) is 5.91 Å². The second kappa shape index (κ2) is 8.30. The molecule has 6 unspecified atom stereocenters. The molecular formula is C21H37N5O2. The highest BCUT2D eigenvalue weighted by molar-refractivity contribution is 5.80. The molecule has 3 aliphatic heterocycles. The minimum absolute atomic E-state index is 0.00884. The molecule has 1 amide bonds. The maximum atomic E-state index is 13.3. The van der Waals surface area contributed by atoms with Gasteiger partial charge in [-0.15, -0.1) is 0 Å². The number of aliphatic hydroxyl groups is 1. The molecule has 1 spiro atoms. The first-order valence-electron chi connectivity index (χ1n) is 11.1. The lowest BCUT2D eigenvalue weighted by molar-refractivity contribution is -0.128. The lowest BCUT2D eigenvalue weighted by atomic mass is 9.64. The van der Waals surface area contributed by atoms with Crippen LogP contribution < -0.4 is 27.0 Å². The smallest absolute Gasteiger partial charge is 0.228 e. The SMILES string of the molecule is CC1=CNC2CC3(CCCCC3)C(C1)NC(N)C2C(=O)NC1CNCCC1O. The van der Waals surface area contributed by atoms with Gasteiger partial charge in [-0.2, -0.15) is 0 Å². The maximum absolute atomic E-state index is 13.3. The van der Waals surface area contributed by atoms with E-state index in [0.29, 0.717) is 19.0 Å². The Hall–Kier alpha value is -1.15. The zero-order chi connectivity index (χ0) is 19.7. The first-order valence-corrected chi connectivity index (χ1v) is 11.1. The quantitative estimate of drug-likeness (QED) is 0.404. The summed E-state index contributed by atoms with van der Waals surface area (Å²) in [6.45, 7) is 3.55. The normalized spacial score (nSPS) is 40.6. The molecule has 4 aliphatic rings. The van der Waals surface area contributed by atoms with Crippen molar-refractivity contribution in [3.05, 3.63) is 11.8 Å². The van der Waals surface area contributed by atoms with Crippen LogP contribution in [0.2, 0.25) is 0 Å². The van der Waals surface area contributed by atoms with Crippen LogP contribution in [0.5, 0.6) is 0 Å². The van der Waals surface area contributed by atoms with Gasteiger partial charge in [-0.1, -0.05) is 24.8 Å². The van der Waals surface area contributed by atoms with Crippen molar-refractivity contribution in [1.82, 2.24) is 21.3 Å². The lowest BCUT2D eigenvalue weighted by Crippen LogP contribution is -2.61. The minimum Gasteiger partial charge on any atom is -0.391 e. The van der Waals surface area contributed by atoms with E-state index in [1.165, 1.54) is 37.7 Å². The van der Waals surface area contributed by atoms with Gasteiger partial charge in [0.05, 0.1) is 24.2 Å². The fourth-order valence-electron chi connectivity index (χ4n) is 5.96. The number of piperidine rings is 1. The minimum atomic E-state index is -0.498. The molecule has 0 aromatic rings. The van der Waals surface area contributed by atoms with Gasteiger partial charge in [0.25, 0.3) is 0 Å². The van der Waals surface area contributed by atoms with Crippen LogP contribution in [-0.4, -0.2) is 54.5 Å². The Morgan fingerprint density at radius 3 is 2.86 bits per heavy atom. The van der Waals surface area contributed by atoms with E-state index >= 15 is 0 Å². The number of fused-ring (bicyclic) bond motifs is 1. The topological polar surface area (TPSA) is 111 Å². The van der Waals surface area contributed by atoms with Crippen molar-refractivity contribution < 1.29 is 9.90 Å². The molecule has 158 valence electrons. The Bertz CT molecular complexity index is 604. The molecule has 7 N–H and O–H groups in total. The van der Waals surface area contributed by atoms with Gasteiger partial charge in [-0.25, -0.2) is 0 Å². The van der Waals surface area contributed by atoms with E-state index in [-0.39, 0.29) is 29.3 Å². The van der Waals surface area contributed by atoms with Crippen LogP contribution in [-0.2, 0) is 4.79 Å². The molecule has 0 aromatic heterocycles. The molecule has 6 atom stereocenters. The number of carbonyl (C=O) groups excluding carboxylic acids is 1. The summed E-state index contributed by atoms with van der Waals surface area (Å²) in [5.41, 5.74) is 8.13. The van der Waals surface area contributed by atoms with Crippen molar-refractivity contribution in [1.29, 1.82) is 0 Å². The van der Waals surface area contributed by atoms with E-state index in [1.54, 1.807) is 0 Å². The molecule has 7 nitrogen and oxygen atoms in total. The third kappa shape index (κ3) is 3.95. The molecule has 3 heterocycles. The second-order valence-corrected chi connectivity index (χ2v) is 9.54. The largest absolute Gasteiger partial charge is 0.391 e. The van der Waals surface area contributed by atoms with Crippen molar-refractivity contribution in [2.45, 2.75) is 88.7 Å².